The fraction of sp³-hybridized carbons (Fsp3) is 0.750. The third-order valence-electron chi connectivity index (χ3n) is 2.00. The number of carbonyl (C=O) groups excluding carboxylic acids is 1. The lowest BCUT2D eigenvalue weighted by atomic mass is 9.84. The van der Waals surface area contributed by atoms with Gasteiger partial charge in [0.1, 0.15) is 0 Å². The van der Waals surface area contributed by atoms with Gasteiger partial charge in [-0.3, -0.25) is 9.59 Å². The Balaban J connectivity index is 4.44. The van der Waals surface area contributed by atoms with Crippen molar-refractivity contribution in [1.82, 2.24) is 0 Å². The third kappa shape index (κ3) is 2.53. The van der Waals surface area contributed by atoms with Crippen LogP contribution in [0, 0.1) is 5.41 Å². The van der Waals surface area contributed by atoms with Crippen molar-refractivity contribution in [2.24, 2.45) is 5.41 Å². The molecule has 12 heavy (non-hydrogen) atoms. The summed E-state index contributed by atoms with van der Waals surface area (Å²) in [6, 6.07) is 0. The highest BCUT2D eigenvalue weighted by molar-refractivity contribution is 5.82. The van der Waals surface area contributed by atoms with Crippen molar-refractivity contribution in [1.29, 1.82) is 0 Å². The molecular formula is C8H14O4. The van der Waals surface area contributed by atoms with Crippen molar-refractivity contribution < 1.29 is 19.4 Å². The van der Waals surface area contributed by atoms with Crippen LogP contribution >= 0.6 is 0 Å². The number of esters is 1. The van der Waals surface area contributed by atoms with E-state index in [0.717, 1.165) is 0 Å². The van der Waals surface area contributed by atoms with Crippen LogP contribution < -0.4 is 0 Å². The molecule has 0 aliphatic rings. The van der Waals surface area contributed by atoms with E-state index >= 15 is 0 Å². The van der Waals surface area contributed by atoms with Gasteiger partial charge in [0.05, 0.1) is 18.9 Å². The molecule has 1 N–H and O–H groups in total. The van der Waals surface area contributed by atoms with Gasteiger partial charge in [-0.1, -0.05) is 6.92 Å². The van der Waals surface area contributed by atoms with E-state index in [9.17, 15) is 9.59 Å². The number of hydrogen-bond donors (Lipinski definition) is 1. The van der Waals surface area contributed by atoms with Crippen LogP contribution in [0.15, 0.2) is 0 Å². The summed E-state index contributed by atoms with van der Waals surface area (Å²) in [5, 5.41) is 8.52. The Labute approximate surface area is 71.5 Å². The van der Waals surface area contributed by atoms with E-state index in [1.807, 2.05) is 0 Å². The van der Waals surface area contributed by atoms with Crippen LogP contribution in [0.3, 0.4) is 0 Å². The number of aliphatic carboxylic acids is 1. The lowest BCUT2D eigenvalue weighted by molar-refractivity contribution is -0.157. The Kier molecular flexibility index (Phi) is 3.73. The summed E-state index contributed by atoms with van der Waals surface area (Å²) in [6.45, 7) is 3.35. The first-order valence-corrected chi connectivity index (χ1v) is 3.76. The molecule has 0 spiro atoms. The van der Waals surface area contributed by atoms with Gasteiger partial charge in [-0.25, -0.2) is 0 Å². The minimum Gasteiger partial charge on any atom is -0.481 e. The van der Waals surface area contributed by atoms with Gasteiger partial charge >= 0.3 is 11.9 Å². The maximum Gasteiger partial charge on any atom is 0.312 e. The first-order valence-electron chi connectivity index (χ1n) is 3.76. The van der Waals surface area contributed by atoms with E-state index in [2.05, 4.69) is 4.74 Å². The van der Waals surface area contributed by atoms with Gasteiger partial charge < -0.3 is 9.84 Å². The molecule has 1 atom stereocenters. The number of carboxylic acid groups (broad SMARTS) is 1. The molecule has 0 aromatic rings. The van der Waals surface area contributed by atoms with Gasteiger partial charge in [0.25, 0.3) is 0 Å². The molecule has 0 rings (SSSR count). The van der Waals surface area contributed by atoms with Crippen molar-refractivity contribution in [2.75, 3.05) is 7.11 Å². The molecule has 4 nitrogen and oxygen atoms in total. The molecular weight excluding hydrogens is 160 g/mol. The normalized spacial score (nSPS) is 14.9. The second-order valence-electron chi connectivity index (χ2n) is 2.98. The maximum absolute atomic E-state index is 11.1. The van der Waals surface area contributed by atoms with Crippen LogP contribution in [-0.2, 0) is 14.3 Å². The van der Waals surface area contributed by atoms with Crippen LogP contribution in [0.2, 0.25) is 0 Å². The van der Waals surface area contributed by atoms with Crippen LogP contribution in [0.25, 0.3) is 0 Å². The average molecular weight is 174 g/mol. The van der Waals surface area contributed by atoms with E-state index in [1.165, 1.54) is 7.11 Å². The predicted molar refractivity (Wildman–Crippen MR) is 42.7 cm³/mol. The molecule has 0 fully saturated rings. The number of carbonyl (C=O) groups is 2. The summed E-state index contributed by atoms with van der Waals surface area (Å²) in [4.78, 5) is 21.5. The molecule has 0 heterocycles. The van der Waals surface area contributed by atoms with Crippen LogP contribution in [0.1, 0.15) is 26.7 Å². The zero-order valence-corrected chi connectivity index (χ0v) is 7.59. The maximum atomic E-state index is 11.1. The minimum atomic E-state index is -0.982. The first kappa shape index (κ1) is 10.9. The fourth-order valence-corrected chi connectivity index (χ4v) is 0.922. The average Bonchev–Trinajstić information content (AvgIpc) is 2.01. The summed E-state index contributed by atoms with van der Waals surface area (Å²) < 4.78 is 4.50. The minimum absolute atomic E-state index is 0.184. The molecule has 4 heteroatoms. The Hall–Kier alpha value is -1.06. The van der Waals surface area contributed by atoms with Gasteiger partial charge in [0.15, 0.2) is 0 Å². The second kappa shape index (κ2) is 4.09. The van der Waals surface area contributed by atoms with Crippen molar-refractivity contribution in [2.45, 2.75) is 26.7 Å². The second-order valence-corrected chi connectivity index (χ2v) is 2.98. The van der Waals surface area contributed by atoms with Crippen molar-refractivity contribution in [3.05, 3.63) is 0 Å². The Morgan fingerprint density at radius 1 is 1.50 bits per heavy atom. The quantitative estimate of drug-likeness (QED) is 0.647. The Bertz CT molecular complexity index is 187. The van der Waals surface area contributed by atoms with E-state index in [-0.39, 0.29) is 6.42 Å². The van der Waals surface area contributed by atoms with E-state index in [1.54, 1.807) is 13.8 Å². The van der Waals surface area contributed by atoms with Crippen LogP contribution in [0.4, 0.5) is 0 Å². The lowest BCUT2D eigenvalue weighted by Gasteiger charge is -2.22. The van der Waals surface area contributed by atoms with E-state index in [4.69, 9.17) is 5.11 Å². The highest BCUT2D eigenvalue weighted by Crippen LogP contribution is 2.26. The molecule has 0 saturated carbocycles. The number of methoxy groups -OCH3 is 1. The summed E-state index contributed by atoms with van der Waals surface area (Å²) >= 11 is 0. The molecule has 0 aliphatic heterocycles. The highest BCUT2D eigenvalue weighted by atomic mass is 16.5. The molecule has 0 amide bonds. The fourth-order valence-electron chi connectivity index (χ4n) is 0.922. The molecule has 0 radical (unpaired) electrons. The molecule has 70 valence electrons. The standard InChI is InChI=1S/C8H14O4/c1-4-8(2,5-6(9)10)7(11)12-3/h4-5H2,1-3H3,(H,9,10)/t8-/m0/s1. The number of ether oxygens (including phenoxy) is 1. The van der Waals surface area contributed by atoms with Crippen molar-refractivity contribution in [3.63, 3.8) is 0 Å². The van der Waals surface area contributed by atoms with Gasteiger partial charge in [-0.05, 0) is 13.3 Å². The smallest absolute Gasteiger partial charge is 0.312 e. The first-order chi connectivity index (χ1) is 5.46. The topological polar surface area (TPSA) is 63.6 Å². The number of hydrogen-bond acceptors (Lipinski definition) is 3. The zero-order chi connectivity index (χ0) is 9.78. The monoisotopic (exact) mass is 174 g/mol. The van der Waals surface area contributed by atoms with Gasteiger partial charge in [0.2, 0.25) is 0 Å². The molecule has 0 bridgehead atoms. The highest BCUT2D eigenvalue weighted by Gasteiger charge is 2.34. The number of carboxylic acids is 1. The summed E-state index contributed by atoms with van der Waals surface area (Å²) in [7, 11) is 1.26. The Morgan fingerprint density at radius 2 is 2.00 bits per heavy atom. The molecule has 0 aromatic heterocycles. The Morgan fingerprint density at radius 3 is 2.25 bits per heavy atom. The third-order valence-corrected chi connectivity index (χ3v) is 2.00. The van der Waals surface area contributed by atoms with Crippen molar-refractivity contribution >= 4 is 11.9 Å². The molecule has 0 aliphatic carbocycles. The largest absolute Gasteiger partial charge is 0.481 e. The summed E-state index contributed by atoms with van der Waals surface area (Å²) in [5.41, 5.74) is -0.888. The molecule has 0 unspecified atom stereocenters. The van der Waals surface area contributed by atoms with Gasteiger partial charge in [0, 0.05) is 0 Å². The molecule has 0 saturated heterocycles. The van der Waals surface area contributed by atoms with Gasteiger partial charge in [-0.15, -0.1) is 0 Å². The SMILES string of the molecule is CC[C@@](C)(CC(=O)O)C(=O)OC. The number of rotatable bonds is 4. The van der Waals surface area contributed by atoms with Crippen LogP contribution in [-0.4, -0.2) is 24.2 Å². The van der Waals surface area contributed by atoms with Crippen LogP contribution in [0.5, 0.6) is 0 Å². The lowest BCUT2D eigenvalue weighted by Crippen LogP contribution is -2.31. The van der Waals surface area contributed by atoms with Gasteiger partial charge in [-0.2, -0.15) is 0 Å². The van der Waals surface area contributed by atoms with E-state index < -0.39 is 17.4 Å². The summed E-state index contributed by atoms with van der Waals surface area (Å²) in [6.07, 6.45) is 0.280. The summed E-state index contributed by atoms with van der Waals surface area (Å²) in [5.74, 6) is -1.45. The zero-order valence-electron chi connectivity index (χ0n) is 7.59. The van der Waals surface area contributed by atoms with Crippen molar-refractivity contribution in [3.8, 4) is 0 Å². The predicted octanol–water partition coefficient (Wildman–Crippen LogP) is 1.05. The van der Waals surface area contributed by atoms with E-state index in [0.29, 0.717) is 6.42 Å². The molecule has 0 aromatic carbocycles.